The van der Waals surface area contributed by atoms with Gasteiger partial charge < -0.3 is 13.7 Å². The lowest BCUT2D eigenvalue weighted by molar-refractivity contribution is 0.0921. The monoisotopic (exact) mass is 325 g/mol. The van der Waals surface area contributed by atoms with Crippen LogP contribution in [0.5, 0.6) is 5.75 Å². The summed E-state index contributed by atoms with van der Waals surface area (Å²) in [7, 11) is 0. The number of aryl methyl sites for hydroxylation is 1. The molecule has 0 radical (unpaired) electrons. The standard InChI is InChI=1S/C19H19NO4/c1-4-20-12(2)9-16(13(20)3)17(21)11-23-15-7-5-14-6-8-19(22)24-18(14)10-15/h5-10H,4,11H2,1-3H3. The third kappa shape index (κ3) is 2.97. The maximum atomic E-state index is 12.4. The second-order valence-corrected chi connectivity index (χ2v) is 5.69. The number of fused-ring (bicyclic) bond motifs is 1. The number of aromatic nitrogens is 1. The highest BCUT2D eigenvalue weighted by molar-refractivity contribution is 5.98. The lowest BCUT2D eigenvalue weighted by Gasteiger charge is -2.07. The Bertz CT molecular complexity index is 965. The zero-order valence-electron chi connectivity index (χ0n) is 14.0. The van der Waals surface area contributed by atoms with Crippen molar-refractivity contribution in [3.8, 4) is 5.75 Å². The van der Waals surface area contributed by atoms with Crippen LogP contribution in [0.2, 0.25) is 0 Å². The van der Waals surface area contributed by atoms with Crippen molar-refractivity contribution >= 4 is 16.8 Å². The van der Waals surface area contributed by atoms with Crippen molar-refractivity contribution in [3.63, 3.8) is 0 Å². The first-order valence-electron chi connectivity index (χ1n) is 7.86. The van der Waals surface area contributed by atoms with Crippen molar-refractivity contribution in [2.45, 2.75) is 27.3 Å². The number of rotatable bonds is 5. The third-order valence-electron chi connectivity index (χ3n) is 4.15. The van der Waals surface area contributed by atoms with Crippen molar-refractivity contribution in [3.05, 3.63) is 63.8 Å². The molecule has 0 aliphatic carbocycles. The third-order valence-corrected chi connectivity index (χ3v) is 4.15. The topological polar surface area (TPSA) is 61.4 Å². The number of nitrogens with zero attached hydrogens (tertiary/aromatic N) is 1. The van der Waals surface area contributed by atoms with Crippen LogP contribution in [0.1, 0.15) is 28.7 Å². The molecule has 0 atom stereocenters. The quantitative estimate of drug-likeness (QED) is 0.532. The Morgan fingerprint density at radius 1 is 1.17 bits per heavy atom. The summed E-state index contributed by atoms with van der Waals surface area (Å²) in [4.78, 5) is 23.7. The van der Waals surface area contributed by atoms with Gasteiger partial charge in [-0.1, -0.05) is 0 Å². The molecule has 2 heterocycles. The van der Waals surface area contributed by atoms with Gasteiger partial charge >= 0.3 is 5.63 Å². The van der Waals surface area contributed by atoms with Gasteiger partial charge in [0.2, 0.25) is 5.78 Å². The fourth-order valence-corrected chi connectivity index (χ4v) is 2.93. The molecule has 5 nitrogen and oxygen atoms in total. The van der Waals surface area contributed by atoms with Gasteiger partial charge in [0.15, 0.2) is 6.61 Å². The molecule has 0 aliphatic rings. The molecule has 0 aliphatic heterocycles. The normalized spacial score (nSPS) is 11.0. The maximum Gasteiger partial charge on any atom is 0.336 e. The van der Waals surface area contributed by atoms with E-state index < -0.39 is 5.63 Å². The van der Waals surface area contributed by atoms with E-state index >= 15 is 0 Å². The minimum Gasteiger partial charge on any atom is -0.485 e. The molecule has 0 bridgehead atoms. The second-order valence-electron chi connectivity index (χ2n) is 5.69. The molecule has 3 rings (SSSR count). The van der Waals surface area contributed by atoms with E-state index in [4.69, 9.17) is 9.15 Å². The van der Waals surface area contributed by atoms with E-state index in [1.165, 1.54) is 6.07 Å². The highest BCUT2D eigenvalue weighted by Gasteiger charge is 2.15. The van der Waals surface area contributed by atoms with Gasteiger partial charge in [0.1, 0.15) is 11.3 Å². The van der Waals surface area contributed by atoms with Crippen molar-refractivity contribution in [1.29, 1.82) is 0 Å². The fourth-order valence-electron chi connectivity index (χ4n) is 2.93. The van der Waals surface area contributed by atoms with E-state index in [0.717, 1.165) is 23.3 Å². The van der Waals surface area contributed by atoms with Gasteiger partial charge in [-0.15, -0.1) is 0 Å². The average molecular weight is 325 g/mol. The highest BCUT2D eigenvalue weighted by atomic mass is 16.5. The van der Waals surface area contributed by atoms with E-state index in [2.05, 4.69) is 4.57 Å². The smallest absolute Gasteiger partial charge is 0.336 e. The second kappa shape index (κ2) is 6.35. The molecule has 0 fully saturated rings. The maximum absolute atomic E-state index is 12.4. The summed E-state index contributed by atoms with van der Waals surface area (Å²) in [5.74, 6) is 0.423. The van der Waals surface area contributed by atoms with Crippen molar-refractivity contribution in [1.82, 2.24) is 4.57 Å². The first kappa shape index (κ1) is 16.1. The van der Waals surface area contributed by atoms with Gasteiger partial charge in [0.05, 0.1) is 0 Å². The van der Waals surface area contributed by atoms with Gasteiger partial charge in [0.25, 0.3) is 0 Å². The number of Topliss-reactive ketones (excluding diaryl/α,β-unsaturated/α-hetero) is 1. The van der Waals surface area contributed by atoms with Gasteiger partial charge in [0, 0.05) is 41.0 Å². The van der Waals surface area contributed by atoms with Crippen LogP contribution in [0.15, 0.2) is 45.6 Å². The Morgan fingerprint density at radius 3 is 2.62 bits per heavy atom. The fraction of sp³-hybridized carbons (Fsp3) is 0.263. The summed E-state index contributed by atoms with van der Waals surface area (Å²) in [5.41, 5.74) is 2.72. The molecule has 0 unspecified atom stereocenters. The summed E-state index contributed by atoms with van der Waals surface area (Å²) in [6.07, 6.45) is 0. The predicted molar refractivity (Wildman–Crippen MR) is 91.9 cm³/mol. The number of hydrogen-bond donors (Lipinski definition) is 0. The van der Waals surface area contributed by atoms with E-state index in [0.29, 0.717) is 16.9 Å². The van der Waals surface area contributed by atoms with Crippen LogP contribution in [-0.2, 0) is 6.54 Å². The minimum atomic E-state index is -0.414. The van der Waals surface area contributed by atoms with E-state index in [-0.39, 0.29) is 12.4 Å². The number of carbonyl (C=O) groups excluding carboxylic acids is 1. The van der Waals surface area contributed by atoms with Crippen LogP contribution in [-0.4, -0.2) is 17.0 Å². The first-order chi connectivity index (χ1) is 11.5. The molecule has 124 valence electrons. The Labute approximate surface area is 139 Å². The molecular weight excluding hydrogens is 306 g/mol. The number of hydrogen-bond acceptors (Lipinski definition) is 4. The Hall–Kier alpha value is -2.82. The van der Waals surface area contributed by atoms with Gasteiger partial charge in [-0.05, 0) is 45.0 Å². The van der Waals surface area contributed by atoms with Gasteiger partial charge in [-0.2, -0.15) is 0 Å². The van der Waals surface area contributed by atoms with E-state index in [9.17, 15) is 9.59 Å². The Kier molecular flexibility index (Phi) is 4.25. The zero-order valence-corrected chi connectivity index (χ0v) is 14.0. The molecule has 0 spiro atoms. The summed E-state index contributed by atoms with van der Waals surface area (Å²) >= 11 is 0. The molecule has 24 heavy (non-hydrogen) atoms. The van der Waals surface area contributed by atoms with Gasteiger partial charge in [-0.25, -0.2) is 4.79 Å². The van der Waals surface area contributed by atoms with Crippen LogP contribution < -0.4 is 10.4 Å². The van der Waals surface area contributed by atoms with Gasteiger partial charge in [-0.3, -0.25) is 4.79 Å². The van der Waals surface area contributed by atoms with Crippen LogP contribution >= 0.6 is 0 Å². The largest absolute Gasteiger partial charge is 0.485 e. The molecule has 0 N–H and O–H groups in total. The minimum absolute atomic E-state index is 0.0589. The van der Waals surface area contributed by atoms with Crippen LogP contribution in [0.25, 0.3) is 11.0 Å². The number of ketones is 1. The number of ether oxygens (including phenoxy) is 1. The predicted octanol–water partition coefficient (Wildman–Crippen LogP) is 3.49. The summed E-state index contributed by atoms with van der Waals surface area (Å²) in [6, 6.07) is 10.1. The van der Waals surface area contributed by atoms with Crippen LogP contribution in [0.3, 0.4) is 0 Å². The summed E-state index contributed by atoms with van der Waals surface area (Å²) in [6.45, 7) is 6.74. The van der Waals surface area contributed by atoms with Crippen molar-refractivity contribution in [2.24, 2.45) is 0 Å². The van der Waals surface area contributed by atoms with E-state index in [1.54, 1.807) is 24.3 Å². The molecule has 1 aromatic carbocycles. The summed E-state index contributed by atoms with van der Waals surface area (Å²) in [5, 5.41) is 0.805. The molecule has 2 aromatic heterocycles. The van der Waals surface area contributed by atoms with E-state index in [1.807, 2.05) is 26.8 Å². The SMILES string of the molecule is CCn1c(C)cc(C(=O)COc2ccc3ccc(=O)oc3c2)c1C. The zero-order chi connectivity index (χ0) is 17.3. The number of benzene rings is 1. The number of carbonyl (C=O) groups is 1. The average Bonchev–Trinajstić information content (AvgIpc) is 2.86. The lowest BCUT2D eigenvalue weighted by atomic mass is 10.1. The Morgan fingerprint density at radius 2 is 1.92 bits per heavy atom. The van der Waals surface area contributed by atoms with Crippen LogP contribution in [0, 0.1) is 13.8 Å². The first-order valence-corrected chi connectivity index (χ1v) is 7.86. The summed E-state index contributed by atoms with van der Waals surface area (Å²) < 4.78 is 12.8. The molecule has 5 heteroatoms. The lowest BCUT2D eigenvalue weighted by Crippen LogP contribution is -2.13. The van der Waals surface area contributed by atoms with Crippen molar-refractivity contribution < 1.29 is 13.9 Å². The Balaban J connectivity index is 1.78. The molecule has 0 saturated heterocycles. The molecular formula is C19H19NO4. The molecule has 0 saturated carbocycles. The molecule has 3 aromatic rings. The van der Waals surface area contributed by atoms with Crippen LogP contribution in [0.4, 0.5) is 0 Å². The highest BCUT2D eigenvalue weighted by Crippen LogP contribution is 2.20. The molecule has 0 amide bonds. The van der Waals surface area contributed by atoms with Crippen molar-refractivity contribution in [2.75, 3.05) is 6.61 Å².